The summed E-state index contributed by atoms with van der Waals surface area (Å²) in [5.74, 6) is 2.82. The third kappa shape index (κ3) is 3.09. The molecule has 4 heteroatoms. The standard InChI is InChI=1S/C15H17N3O/c1-2-6-13(7-3-1)19-14-10-17-15(18-11-14)12-5-4-8-16-9-12/h1-3,6-7,10-12,16H,4-5,8-9H2. The van der Waals surface area contributed by atoms with Crippen LogP contribution in [0.5, 0.6) is 11.5 Å². The van der Waals surface area contributed by atoms with Crippen LogP contribution in [0, 0.1) is 0 Å². The Hall–Kier alpha value is -1.94. The van der Waals surface area contributed by atoms with E-state index >= 15 is 0 Å². The second-order valence-corrected chi connectivity index (χ2v) is 4.74. The molecule has 98 valence electrons. The molecule has 1 fully saturated rings. The van der Waals surface area contributed by atoms with Crippen molar-refractivity contribution in [2.24, 2.45) is 0 Å². The molecule has 1 N–H and O–H groups in total. The molecule has 1 aromatic heterocycles. The minimum atomic E-state index is 0.430. The van der Waals surface area contributed by atoms with Crippen molar-refractivity contribution in [3.05, 3.63) is 48.5 Å². The van der Waals surface area contributed by atoms with Crippen LogP contribution in [0.4, 0.5) is 0 Å². The number of hydrogen-bond acceptors (Lipinski definition) is 4. The molecule has 4 nitrogen and oxygen atoms in total. The molecule has 1 saturated heterocycles. The molecule has 0 radical (unpaired) electrons. The van der Waals surface area contributed by atoms with Gasteiger partial charge in [-0.3, -0.25) is 0 Å². The van der Waals surface area contributed by atoms with Crippen molar-refractivity contribution in [2.45, 2.75) is 18.8 Å². The van der Waals surface area contributed by atoms with Crippen LogP contribution in [-0.2, 0) is 0 Å². The Morgan fingerprint density at radius 1 is 1.05 bits per heavy atom. The molecule has 1 aliphatic heterocycles. The van der Waals surface area contributed by atoms with Gasteiger partial charge in [0, 0.05) is 12.5 Å². The monoisotopic (exact) mass is 255 g/mol. The molecule has 0 saturated carbocycles. The summed E-state index contributed by atoms with van der Waals surface area (Å²) in [6.45, 7) is 2.07. The van der Waals surface area contributed by atoms with Gasteiger partial charge in [-0.05, 0) is 31.5 Å². The summed E-state index contributed by atoms with van der Waals surface area (Å²) >= 11 is 0. The van der Waals surface area contributed by atoms with Crippen LogP contribution in [0.25, 0.3) is 0 Å². The number of para-hydroxylation sites is 1. The molecular formula is C15H17N3O. The fourth-order valence-corrected chi connectivity index (χ4v) is 2.29. The molecule has 19 heavy (non-hydrogen) atoms. The van der Waals surface area contributed by atoms with Gasteiger partial charge in [0.05, 0.1) is 12.4 Å². The highest BCUT2D eigenvalue weighted by Gasteiger charge is 2.17. The highest BCUT2D eigenvalue weighted by molar-refractivity contribution is 5.27. The van der Waals surface area contributed by atoms with Crippen LogP contribution in [0.2, 0.25) is 0 Å². The van der Waals surface area contributed by atoms with Crippen LogP contribution in [0.1, 0.15) is 24.6 Å². The van der Waals surface area contributed by atoms with E-state index in [2.05, 4.69) is 15.3 Å². The van der Waals surface area contributed by atoms with Gasteiger partial charge in [0.15, 0.2) is 5.75 Å². The second kappa shape index (κ2) is 5.80. The number of rotatable bonds is 3. The van der Waals surface area contributed by atoms with E-state index in [0.717, 1.165) is 31.1 Å². The quantitative estimate of drug-likeness (QED) is 0.916. The number of nitrogens with one attached hydrogen (secondary N) is 1. The first-order valence-corrected chi connectivity index (χ1v) is 6.67. The summed E-state index contributed by atoms with van der Waals surface area (Å²) < 4.78 is 5.68. The molecule has 0 spiro atoms. The Labute approximate surface area is 112 Å². The summed E-state index contributed by atoms with van der Waals surface area (Å²) in [5.41, 5.74) is 0. The fraction of sp³-hybridized carbons (Fsp3) is 0.333. The maximum Gasteiger partial charge on any atom is 0.164 e. The number of benzene rings is 1. The van der Waals surface area contributed by atoms with Gasteiger partial charge in [0.2, 0.25) is 0 Å². The van der Waals surface area contributed by atoms with Crippen LogP contribution in [0.3, 0.4) is 0 Å². The lowest BCUT2D eigenvalue weighted by Gasteiger charge is -2.21. The number of aromatic nitrogens is 2. The zero-order valence-electron chi connectivity index (χ0n) is 10.7. The topological polar surface area (TPSA) is 47.0 Å². The van der Waals surface area contributed by atoms with Crippen molar-refractivity contribution < 1.29 is 4.74 Å². The molecular weight excluding hydrogens is 238 g/mol. The number of ether oxygens (including phenoxy) is 1. The summed E-state index contributed by atoms with van der Waals surface area (Å²) in [4.78, 5) is 8.84. The average Bonchev–Trinajstić information content (AvgIpc) is 2.50. The Kier molecular flexibility index (Phi) is 3.70. The Morgan fingerprint density at radius 3 is 2.53 bits per heavy atom. The van der Waals surface area contributed by atoms with Crippen molar-refractivity contribution in [3.63, 3.8) is 0 Å². The Morgan fingerprint density at radius 2 is 1.84 bits per heavy atom. The second-order valence-electron chi connectivity index (χ2n) is 4.74. The van der Waals surface area contributed by atoms with Gasteiger partial charge in [-0.25, -0.2) is 9.97 Å². The molecule has 2 heterocycles. The van der Waals surface area contributed by atoms with Gasteiger partial charge in [-0.15, -0.1) is 0 Å². The van der Waals surface area contributed by atoms with Crippen LogP contribution < -0.4 is 10.1 Å². The number of piperidine rings is 1. The number of nitrogens with zero attached hydrogens (tertiary/aromatic N) is 2. The molecule has 0 bridgehead atoms. The lowest BCUT2D eigenvalue weighted by Crippen LogP contribution is -2.29. The van der Waals surface area contributed by atoms with E-state index in [1.165, 1.54) is 6.42 Å². The molecule has 2 aromatic rings. The summed E-state index contributed by atoms with van der Waals surface area (Å²) in [6, 6.07) is 9.68. The normalized spacial score (nSPS) is 19.1. The Bertz CT molecular complexity index is 507. The summed E-state index contributed by atoms with van der Waals surface area (Å²) in [5, 5.41) is 3.38. The maximum absolute atomic E-state index is 5.68. The van der Waals surface area contributed by atoms with Gasteiger partial charge in [-0.1, -0.05) is 18.2 Å². The zero-order valence-corrected chi connectivity index (χ0v) is 10.7. The first-order valence-electron chi connectivity index (χ1n) is 6.67. The number of hydrogen-bond donors (Lipinski definition) is 1. The van der Waals surface area contributed by atoms with Crippen LogP contribution in [-0.4, -0.2) is 23.1 Å². The fourth-order valence-electron chi connectivity index (χ4n) is 2.29. The molecule has 3 rings (SSSR count). The van der Waals surface area contributed by atoms with E-state index in [4.69, 9.17) is 4.74 Å². The van der Waals surface area contributed by atoms with Gasteiger partial charge >= 0.3 is 0 Å². The molecule has 1 unspecified atom stereocenters. The molecule has 1 aromatic carbocycles. The van der Waals surface area contributed by atoms with Gasteiger partial charge in [0.1, 0.15) is 11.6 Å². The summed E-state index contributed by atoms with van der Waals surface area (Å²) in [7, 11) is 0. The van der Waals surface area contributed by atoms with E-state index in [1.54, 1.807) is 12.4 Å². The van der Waals surface area contributed by atoms with Crippen molar-refractivity contribution >= 4 is 0 Å². The molecule has 0 aliphatic carbocycles. The Balaban J connectivity index is 1.68. The lowest BCUT2D eigenvalue weighted by atomic mass is 9.99. The van der Waals surface area contributed by atoms with E-state index in [-0.39, 0.29) is 0 Å². The third-order valence-electron chi connectivity index (χ3n) is 3.29. The molecule has 1 atom stereocenters. The average molecular weight is 255 g/mol. The van der Waals surface area contributed by atoms with Crippen molar-refractivity contribution in [3.8, 4) is 11.5 Å². The minimum absolute atomic E-state index is 0.430. The van der Waals surface area contributed by atoms with Crippen LogP contribution in [0.15, 0.2) is 42.7 Å². The summed E-state index contributed by atoms with van der Waals surface area (Å²) in [6.07, 6.45) is 5.86. The lowest BCUT2D eigenvalue weighted by molar-refractivity contribution is 0.440. The van der Waals surface area contributed by atoms with E-state index in [1.807, 2.05) is 30.3 Å². The smallest absolute Gasteiger partial charge is 0.164 e. The SMILES string of the molecule is c1ccc(Oc2cnc(C3CCCNC3)nc2)cc1. The van der Waals surface area contributed by atoms with Gasteiger partial charge < -0.3 is 10.1 Å². The third-order valence-corrected chi connectivity index (χ3v) is 3.29. The first kappa shape index (κ1) is 12.1. The van der Waals surface area contributed by atoms with Crippen LogP contribution >= 0.6 is 0 Å². The van der Waals surface area contributed by atoms with E-state index in [0.29, 0.717) is 11.7 Å². The minimum Gasteiger partial charge on any atom is -0.454 e. The van der Waals surface area contributed by atoms with Crippen molar-refractivity contribution in [2.75, 3.05) is 13.1 Å². The largest absolute Gasteiger partial charge is 0.454 e. The van der Waals surface area contributed by atoms with Crippen molar-refractivity contribution in [1.82, 2.24) is 15.3 Å². The van der Waals surface area contributed by atoms with Crippen molar-refractivity contribution in [1.29, 1.82) is 0 Å². The predicted octanol–water partition coefficient (Wildman–Crippen LogP) is 2.74. The molecule has 0 amide bonds. The first-order chi connectivity index (χ1) is 9.42. The van der Waals surface area contributed by atoms with E-state index in [9.17, 15) is 0 Å². The predicted molar refractivity (Wildman–Crippen MR) is 73.4 cm³/mol. The molecule has 1 aliphatic rings. The van der Waals surface area contributed by atoms with Gasteiger partial charge in [-0.2, -0.15) is 0 Å². The van der Waals surface area contributed by atoms with Gasteiger partial charge in [0.25, 0.3) is 0 Å². The maximum atomic E-state index is 5.68. The zero-order chi connectivity index (χ0) is 12.9. The van der Waals surface area contributed by atoms with E-state index < -0.39 is 0 Å². The highest BCUT2D eigenvalue weighted by atomic mass is 16.5. The highest BCUT2D eigenvalue weighted by Crippen LogP contribution is 2.23.